The second kappa shape index (κ2) is 6.13. The van der Waals surface area contributed by atoms with E-state index < -0.39 is 5.91 Å². The molecule has 0 unspecified atom stereocenters. The largest absolute Gasteiger partial charge is 0.272 e. The zero-order valence-corrected chi connectivity index (χ0v) is 14.0. The van der Waals surface area contributed by atoms with Crippen molar-refractivity contribution >= 4 is 40.9 Å². The van der Waals surface area contributed by atoms with Crippen LogP contribution < -0.4 is 5.43 Å². The number of carbonyl (C=O) groups excluding carboxylic acids is 3. The maximum atomic E-state index is 12.4. The third-order valence-electron chi connectivity index (χ3n) is 4.58. The van der Waals surface area contributed by atoms with Crippen LogP contribution in [0.2, 0.25) is 10.0 Å². The fourth-order valence-corrected chi connectivity index (χ4v) is 3.60. The number of rotatable bonds is 2. The molecule has 3 amide bonds. The summed E-state index contributed by atoms with van der Waals surface area (Å²) in [5, 5.41) is 1.44. The SMILES string of the molecule is C[C@@H]1CC[C@@H]2C(=O)N(NC(=O)c3ccc(Cl)c(Cl)c3)C(=O)[C@H]2C1. The van der Waals surface area contributed by atoms with Gasteiger partial charge in [0.2, 0.25) is 0 Å². The van der Waals surface area contributed by atoms with Gasteiger partial charge in [-0.1, -0.05) is 30.1 Å². The van der Waals surface area contributed by atoms with Crippen LogP contribution in [0.1, 0.15) is 36.5 Å². The van der Waals surface area contributed by atoms with Gasteiger partial charge in [-0.2, -0.15) is 5.01 Å². The van der Waals surface area contributed by atoms with Crippen molar-refractivity contribution in [1.82, 2.24) is 10.4 Å². The number of halogens is 2. The fraction of sp³-hybridized carbons (Fsp3) is 0.438. The van der Waals surface area contributed by atoms with Crippen molar-refractivity contribution in [2.75, 3.05) is 0 Å². The van der Waals surface area contributed by atoms with E-state index in [1.807, 2.05) is 0 Å². The first-order valence-corrected chi connectivity index (χ1v) is 8.28. The predicted molar refractivity (Wildman–Crippen MR) is 85.8 cm³/mol. The lowest BCUT2D eigenvalue weighted by Crippen LogP contribution is -2.46. The molecule has 1 saturated carbocycles. The van der Waals surface area contributed by atoms with Crippen molar-refractivity contribution in [3.8, 4) is 0 Å². The van der Waals surface area contributed by atoms with E-state index >= 15 is 0 Å². The van der Waals surface area contributed by atoms with Gasteiger partial charge in [0.1, 0.15) is 0 Å². The average molecular weight is 355 g/mol. The summed E-state index contributed by atoms with van der Waals surface area (Å²) in [4.78, 5) is 37.1. The molecule has 1 heterocycles. The van der Waals surface area contributed by atoms with Gasteiger partial charge in [0.25, 0.3) is 17.7 Å². The van der Waals surface area contributed by atoms with Gasteiger partial charge in [-0.25, -0.2) is 0 Å². The number of carbonyl (C=O) groups is 3. The predicted octanol–water partition coefficient (Wildman–Crippen LogP) is 3.06. The van der Waals surface area contributed by atoms with Gasteiger partial charge in [0.15, 0.2) is 0 Å². The minimum Gasteiger partial charge on any atom is -0.272 e. The van der Waals surface area contributed by atoms with E-state index in [-0.39, 0.29) is 34.2 Å². The third-order valence-corrected chi connectivity index (χ3v) is 5.32. The van der Waals surface area contributed by atoms with Crippen LogP contribution >= 0.6 is 23.2 Å². The van der Waals surface area contributed by atoms with Crippen molar-refractivity contribution in [3.63, 3.8) is 0 Å². The molecule has 1 aliphatic carbocycles. The molecule has 1 aliphatic heterocycles. The molecule has 1 saturated heterocycles. The Balaban J connectivity index is 1.77. The Bertz CT molecular complexity index is 692. The fourth-order valence-electron chi connectivity index (χ4n) is 3.30. The van der Waals surface area contributed by atoms with E-state index in [9.17, 15) is 14.4 Å². The number of hydrogen-bond donors (Lipinski definition) is 1. The Labute approximate surface area is 143 Å². The molecule has 2 aliphatic rings. The molecule has 0 bridgehead atoms. The zero-order chi connectivity index (χ0) is 16.7. The Morgan fingerprint density at radius 3 is 2.52 bits per heavy atom. The van der Waals surface area contributed by atoms with Crippen molar-refractivity contribution in [3.05, 3.63) is 33.8 Å². The molecule has 1 aromatic rings. The lowest BCUT2D eigenvalue weighted by molar-refractivity contribution is -0.142. The lowest BCUT2D eigenvalue weighted by atomic mass is 9.76. The average Bonchev–Trinajstić information content (AvgIpc) is 2.74. The summed E-state index contributed by atoms with van der Waals surface area (Å²) in [5.41, 5.74) is 2.65. The van der Waals surface area contributed by atoms with Gasteiger partial charge >= 0.3 is 0 Å². The first kappa shape index (κ1) is 16.3. The summed E-state index contributed by atoms with van der Waals surface area (Å²) in [6.07, 6.45) is 2.30. The molecule has 2 fully saturated rings. The molecule has 0 spiro atoms. The minimum atomic E-state index is -0.558. The summed E-state index contributed by atoms with van der Waals surface area (Å²) in [6, 6.07) is 4.39. The number of nitrogens with zero attached hydrogens (tertiary/aromatic N) is 1. The van der Waals surface area contributed by atoms with E-state index in [2.05, 4.69) is 12.3 Å². The van der Waals surface area contributed by atoms with Gasteiger partial charge < -0.3 is 0 Å². The quantitative estimate of drug-likeness (QED) is 0.830. The van der Waals surface area contributed by atoms with E-state index in [0.717, 1.165) is 11.4 Å². The molecule has 0 radical (unpaired) electrons. The van der Waals surface area contributed by atoms with Crippen LogP contribution in [0.4, 0.5) is 0 Å². The van der Waals surface area contributed by atoms with E-state index in [0.29, 0.717) is 23.8 Å². The normalized spacial score (nSPS) is 27.1. The van der Waals surface area contributed by atoms with Crippen LogP contribution in [-0.4, -0.2) is 22.7 Å². The number of nitrogens with one attached hydrogen (secondary N) is 1. The Kier molecular flexibility index (Phi) is 4.34. The van der Waals surface area contributed by atoms with Crippen molar-refractivity contribution in [2.45, 2.75) is 26.2 Å². The second-order valence-corrected chi connectivity index (χ2v) is 7.03. The number of hydrazine groups is 1. The summed E-state index contributed by atoms with van der Waals surface area (Å²) in [5.74, 6) is -1.41. The van der Waals surface area contributed by atoms with Gasteiger partial charge in [-0.15, -0.1) is 0 Å². The molecule has 0 aromatic heterocycles. The monoisotopic (exact) mass is 354 g/mol. The standard InChI is InChI=1S/C16H16Cl2N2O3/c1-8-2-4-10-11(6-8)16(23)20(15(10)22)19-14(21)9-3-5-12(17)13(18)7-9/h3,5,7-8,10-11H,2,4,6H2,1H3,(H,19,21)/t8-,10+,11+/m1/s1. The Morgan fingerprint density at radius 2 is 1.83 bits per heavy atom. The maximum absolute atomic E-state index is 12.4. The third kappa shape index (κ3) is 2.95. The van der Waals surface area contributed by atoms with Gasteiger partial charge in [0.05, 0.1) is 21.9 Å². The molecule has 3 atom stereocenters. The summed E-state index contributed by atoms with van der Waals surface area (Å²) >= 11 is 11.7. The van der Waals surface area contributed by atoms with Crippen LogP contribution in [0.3, 0.4) is 0 Å². The van der Waals surface area contributed by atoms with Crippen LogP contribution in [-0.2, 0) is 9.59 Å². The van der Waals surface area contributed by atoms with Crippen LogP contribution in [0.5, 0.6) is 0 Å². The van der Waals surface area contributed by atoms with Crippen LogP contribution in [0.25, 0.3) is 0 Å². The van der Waals surface area contributed by atoms with Crippen molar-refractivity contribution in [1.29, 1.82) is 0 Å². The number of imide groups is 1. The van der Waals surface area contributed by atoms with Crippen LogP contribution in [0.15, 0.2) is 18.2 Å². The van der Waals surface area contributed by atoms with Crippen molar-refractivity contribution in [2.24, 2.45) is 17.8 Å². The molecule has 1 N–H and O–H groups in total. The molecule has 122 valence electrons. The highest BCUT2D eigenvalue weighted by atomic mass is 35.5. The molecule has 5 nitrogen and oxygen atoms in total. The van der Waals surface area contributed by atoms with Gasteiger partial charge in [-0.3, -0.25) is 19.8 Å². The van der Waals surface area contributed by atoms with Gasteiger partial charge in [0, 0.05) is 5.56 Å². The van der Waals surface area contributed by atoms with E-state index in [4.69, 9.17) is 23.2 Å². The molecule has 7 heteroatoms. The Morgan fingerprint density at radius 1 is 1.13 bits per heavy atom. The second-order valence-electron chi connectivity index (χ2n) is 6.21. The van der Waals surface area contributed by atoms with E-state index in [1.54, 1.807) is 0 Å². The summed E-state index contributed by atoms with van der Waals surface area (Å²) < 4.78 is 0. The summed E-state index contributed by atoms with van der Waals surface area (Å²) in [6.45, 7) is 2.07. The topological polar surface area (TPSA) is 66.5 Å². The molecular weight excluding hydrogens is 339 g/mol. The van der Waals surface area contributed by atoms with Crippen molar-refractivity contribution < 1.29 is 14.4 Å². The highest BCUT2D eigenvalue weighted by Gasteiger charge is 2.50. The highest BCUT2D eigenvalue weighted by molar-refractivity contribution is 6.42. The number of fused-ring (bicyclic) bond motifs is 1. The lowest BCUT2D eigenvalue weighted by Gasteiger charge is -2.25. The number of benzene rings is 1. The minimum absolute atomic E-state index is 0.237. The first-order valence-electron chi connectivity index (χ1n) is 7.52. The molecular formula is C16H16Cl2N2O3. The first-order chi connectivity index (χ1) is 10.9. The number of hydrogen-bond acceptors (Lipinski definition) is 3. The molecule has 3 rings (SSSR count). The number of amides is 3. The van der Waals surface area contributed by atoms with E-state index in [1.165, 1.54) is 18.2 Å². The zero-order valence-electron chi connectivity index (χ0n) is 12.5. The molecule has 1 aromatic carbocycles. The van der Waals surface area contributed by atoms with Crippen LogP contribution in [0, 0.1) is 17.8 Å². The van der Waals surface area contributed by atoms with Gasteiger partial charge in [-0.05, 0) is 43.4 Å². The smallest absolute Gasteiger partial charge is 0.270 e. The maximum Gasteiger partial charge on any atom is 0.270 e. The highest BCUT2D eigenvalue weighted by Crippen LogP contribution is 2.39. The summed E-state index contributed by atoms with van der Waals surface area (Å²) in [7, 11) is 0. The molecule has 23 heavy (non-hydrogen) atoms. The Hall–Kier alpha value is -1.59.